The lowest BCUT2D eigenvalue weighted by Gasteiger charge is -2.08. The Hall–Kier alpha value is -3.61. The molecule has 0 saturated carbocycles. The molecule has 5 nitrogen and oxygen atoms in total. The van der Waals surface area contributed by atoms with E-state index in [1.807, 2.05) is 0 Å². The molecule has 0 aliphatic rings. The highest BCUT2D eigenvalue weighted by atomic mass is 19.1. The van der Waals surface area contributed by atoms with E-state index in [4.69, 9.17) is 0 Å². The van der Waals surface area contributed by atoms with Gasteiger partial charge in [0.15, 0.2) is 0 Å². The Morgan fingerprint density at radius 1 is 0.654 bits per heavy atom. The van der Waals surface area contributed by atoms with E-state index in [1.165, 1.54) is 54.6 Å². The van der Waals surface area contributed by atoms with Crippen molar-refractivity contribution in [2.24, 2.45) is 0 Å². The molecular weight excluding hydrogens is 340 g/mol. The standard InChI is InChI=1S/C19H13F2N3O2/c20-12-6-1-3-8-14(12)23-18(25)16-10-5-11-17(22-16)19(26)24-15-9-4-2-7-13(15)21/h1-11H,(H,23,25)(H,24,26). The zero-order chi connectivity index (χ0) is 18.5. The van der Waals surface area contributed by atoms with Crippen molar-refractivity contribution in [1.82, 2.24) is 4.98 Å². The van der Waals surface area contributed by atoms with E-state index in [0.717, 1.165) is 0 Å². The third kappa shape index (κ3) is 3.89. The molecular formula is C19H13F2N3O2. The van der Waals surface area contributed by atoms with E-state index in [1.54, 1.807) is 12.1 Å². The van der Waals surface area contributed by atoms with Crippen LogP contribution in [0.5, 0.6) is 0 Å². The van der Waals surface area contributed by atoms with Gasteiger partial charge in [0.25, 0.3) is 11.8 Å². The van der Waals surface area contributed by atoms with Crippen molar-refractivity contribution in [3.63, 3.8) is 0 Å². The molecule has 2 N–H and O–H groups in total. The maximum Gasteiger partial charge on any atom is 0.274 e. The minimum atomic E-state index is -0.671. The van der Waals surface area contributed by atoms with Crippen LogP contribution < -0.4 is 10.6 Å². The molecule has 130 valence electrons. The van der Waals surface area contributed by atoms with Crippen LogP contribution in [0.1, 0.15) is 21.0 Å². The van der Waals surface area contributed by atoms with Crippen molar-refractivity contribution in [2.75, 3.05) is 10.6 Å². The Morgan fingerprint density at radius 3 is 1.50 bits per heavy atom. The predicted octanol–water partition coefficient (Wildman–Crippen LogP) is 3.86. The van der Waals surface area contributed by atoms with Crippen LogP contribution in [-0.4, -0.2) is 16.8 Å². The van der Waals surface area contributed by atoms with Crippen LogP contribution >= 0.6 is 0 Å². The van der Waals surface area contributed by atoms with Crippen LogP contribution in [0.15, 0.2) is 66.7 Å². The van der Waals surface area contributed by atoms with Crippen molar-refractivity contribution >= 4 is 23.2 Å². The van der Waals surface area contributed by atoms with Crippen molar-refractivity contribution in [1.29, 1.82) is 0 Å². The highest BCUT2D eigenvalue weighted by molar-refractivity contribution is 6.06. The van der Waals surface area contributed by atoms with Gasteiger partial charge in [-0.3, -0.25) is 9.59 Å². The number of aromatic nitrogens is 1. The first kappa shape index (κ1) is 17.2. The lowest BCUT2D eigenvalue weighted by Crippen LogP contribution is -2.19. The second kappa shape index (κ2) is 7.52. The number of hydrogen-bond donors (Lipinski definition) is 2. The summed E-state index contributed by atoms with van der Waals surface area (Å²) in [5.41, 5.74) is -0.148. The Balaban J connectivity index is 1.77. The van der Waals surface area contributed by atoms with Crippen molar-refractivity contribution in [2.45, 2.75) is 0 Å². The largest absolute Gasteiger partial charge is 0.318 e. The summed E-state index contributed by atoms with van der Waals surface area (Å²) in [4.78, 5) is 28.4. The summed E-state index contributed by atoms with van der Waals surface area (Å²) >= 11 is 0. The van der Waals surface area contributed by atoms with E-state index in [2.05, 4.69) is 15.6 Å². The van der Waals surface area contributed by atoms with E-state index < -0.39 is 23.4 Å². The van der Waals surface area contributed by atoms with Gasteiger partial charge in [-0.2, -0.15) is 0 Å². The van der Waals surface area contributed by atoms with Crippen molar-refractivity contribution in [3.8, 4) is 0 Å². The third-order valence-electron chi connectivity index (χ3n) is 3.46. The number of anilines is 2. The molecule has 2 aromatic carbocycles. The number of para-hydroxylation sites is 2. The fourth-order valence-electron chi connectivity index (χ4n) is 2.19. The van der Waals surface area contributed by atoms with E-state index >= 15 is 0 Å². The van der Waals surface area contributed by atoms with Gasteiger partial charge in [-0.05, 0) is 36.4 Å². The molecule has 7 heteroatoms. The van der Waals surface area contributed by atoms with Gasteiger partial charge in [-0.15, -0.1) is 0 Å². The van der Waals surface area contributed by atoms with Crippen molar-refractivity contribution < 1.29 is 18.4 Å². The van der Waals surface area contributed by atoms with Gasteiger partial charge in [-0.1, -0.05) is 30.3 Å². The van der Waals surface area contributed by atoms with Crippen LogP contribution in [0.2, 0.25) is 0 Å². The zero-order valence-electron chi connectivity index (χ0n) is 13.4. The Kier molecular flexibility index (Phi) is 4.98. The SMILES string of the molecule is O=C(Nc1ccccc1F)c1cccc(C(=O)Nc2ccccc2F)n1. The number of rotatable bonds is 4. The highest BCUT2D eigenvalue weighted by Gasteiger charge is 2.15. The number of nitrogens with one attached hydrogen (secondary N) is 2. The number of benzene rings is 2. The fourth-order valence-corrected chi connectivity index (χ4v) is 2.19. The van der Waals surface area contributed by atoms with Gasteiger partial charge in [0, 0.05) is 0 Å². The van der Waals surface area contributed by atoms with Crippen LogP contribution in [0.3, 0.4) is 0 Å². The van der Waals surface area contributed by atoms with Gasteiger partial charge in [-0.25, -0.2) is 13.8 Å². The number of pyridine rings is 1. The molecule has 0 unspecified atom stereocenters. The molecule has 0 bridgehead atoms. The van der Waals surface area contributed by atoms with Crippen molar-refractivity contribution in [3.05, 3.63) is 89.8 Å². The van der Waals surface area contributed by atoms with Gasteiger partial charge < -0.3 is 10.6 Å². The fraction of sp³-hybridized carbons (Fsp3) is 0. The number of hydrogen-bond acceptors (Lipinski definition) is 3. The van der Waals surface area contributed by atoms with Crippen LogP contribution in [-0.2, 0) is 0 Å². The molecule has 2 amide bonds. The van der Waals surface area contributed by atoms with E-state index in [0.29, 0.717) is 0 Å². The molecule has 0 aliphatic heterocycles. The number of nitrogens with zero attached hydrogens (tertiary/aromatic N) is 1. The second-order valence-electron chi connectivity index (χ2n) is 5.28. The first-order valence-corrected chi connectivity index (χ1v) is 7.63. The third-order valence-corrected chi connectivity index (χ3v) is 3.46. The number of carbonyl (C=O) groups excluding carboxylic acids is 2. The van der Waals surface area contributed by atoms with Crippen LogP contribution in [0.25, 0.3) is 0 Å². The summed E-state index contributed by atoms with van der Waals surface area (Å²) in [6.07, 6.45) is 0. The highest BCUT2D eigenvalue weighted by Crippen LogP contribution is 2.15. The second-order valence-corrected chi connectivity index (χ2v) is 5.28. The number of halogens is 2. The molecule has 1 heterocycles. The maximum absolute atomic E-state index is 13.6. The lowest BCUT2D eigenvalue weighted by atomic mass is 10.2. The molecule has 0 aliphatic carbocycles. The topological polar surface area (TPSA) is 71.1 Å². The Morgan fingerprint density at radius 2 is 1.08 bits per heavy atom. The normalized spacial score (nSPS) is 10.2. The molecule has 26 heavy (non-hydrogen) atoms. The minimum Gasteiger partial charge on any atom is -0.318 e. The average molecular weight is 353 g/mol. The van der Waals surface area contributed by atoms with Gasteiger partial charge in [0.1, 0.15) is 23.0 Å². The average Bonchev–Trinajstić information content (AvgIpc) is 2.65. The quantitative estimate of drug-likeness (QED) is 0.748. The minimum absolute atomic E-state index is 0.000473. The molecule has 3 rings (SSSR count). The molecule has 1 aromatic heterocycles. The monoisotopic (exact) mass is 353 g/mol. The summed E-state index contributed by atoms with van der Waals surface area (Å²) in [6, 6.07) is 15.6. The van der Waals surface area contributed by atoms with Crippen LogP contribution in [0, 0.1) is 11.6 Å². The number of amides is 2. The van der Waals surface area contributed by atoms with E-state index in [-0.39, 0.29) is 22.8 Å². The summed E-state index contributed by atoms with van der Waals surface area (Å²) in [6.45, 7) is 0. The first-order chi connectivity index (χ1) is 12.5. The van der Waals surface area contributed by atoms with Gasteiger partial charge in [0.05, 0.1) is 11.4 Å². The maximum atomic E-state index is 13.6. The summed E-state index contributed by atoms with van der Waals surface area (Å²) in [5, 5.41) is 4.77. The predicted molar refractivity (Wildman–Crippen MR) is 92.9 cm³/mol. The molecule has 0 radical (unpaired) electrons. The Labute approximate surface area is 147 Å². The van der Waals surface area contributed by atoms with E-state index in [9.17, 15) is 18.4 Å². The van der Waals surface area contributed by atoms with Crippen LogP contribution in [0.4, 0.5) is 20.2 Å². The zero-order valence-corrected chi connectivity index (χ0v) is 13.4. The molecule has 0 atom stereocenters. The summed E-state index contributed by atoms with van der Waals surface area (Å²) < 4.78 is 27.2. The summed E-state index contributed by atoms with van der Waals surface area (Å²) in [7, 11) is 0. The Bertz CT molecular complexity index is 902. The first-order valence-electron chi connectivity index (χ1n) is 7.63. The molecule has 3 aromatic rings. The lowest BCUT2D eigenvalue weighted by molar-refractivity contribution is 0.101. The molecule has 0 fully saturated rings. The smallest absolute Gasteiger partial charge is 0.274 e. The number of carbonyl (C=O) groups is 2. The molecule has 0 saturated heterocycles. The van der Waals surface area contributed by atoms with Gasteiger partial charge in [0.2, 0.25) is 0 Å². The summed E-state index contributed by atoms with van der Waals surface area (Å²) in [5.74, 6) is -2.52. The molecule has 0 spiro atoms. The van der Waals surface area contributed by atoms with Gasteiger partial charge >= 0.3 is 0 Å².